The van der Waals surface area contributed by atoms with E-state index >= 15 is 0 Å². The summed E-state index contributed by atoms with van der Waals surface area (Å²) in [6.07, 6.45) is 3.77. The van der Waals surface area contributed by atoms with Crippen molar-refractivity contribution < 1.29 is 4.74 Å². The van der Waals surface area contributed by atoms with Crippen LogP contribution in [0.5, 0.6) is 5.75 Å². The van der Waals surface area contributed by atoms with Gasteiger partial charge in [0.25, 0.3) is 5.56 Å². The molecule has 0 aliphatic heterocycles. The van der Waals surface area contributed by atoms with Crippen LogP contribution >= 0.6 is 0 Å². The highest BCUT2D eigenvalue weighted by molar-refractivity contribution is 6.02. The molecule has 0 aliphatic carbocycles. The second kappa shape index (κ2) is 8.29. The van der Waals surface area contributed by atoms with E-state index in [4.69, 9.17) is 4.74 Å². The van der Waals surface area contributed by atoms with E-state index in [1.807, 2.05) is 30.3 Å². The summed E-state index contributed by atoms with van der Waals surface area (Å²) < 4.78 is 5.93. The topological polar surface area (TPSA) is 79.4 Å². The highest BCUT2D eigenvalue weighted by atomic mass is 16.5. The standard InChI is InChI=1S/C20H22N4O2/c1-3-4-11-26-18-10-9-15-7-5-6-8-16(15)17(18)13-21-24-20-22-14(2)12-19(25)23-20/h5-10,12-13H,3-4,11H2,1-2H3,(H2,22,23,24,25)/b21-13+. The van der Waals surface area contributed by atoms with Crippen LogP contribution in [-0.4, -0.2) is 22.8 Å². The number of ether oxygens (including phenoxy) is 1. The fourth-order valence-electron chi connectivity index (χ4n) is 2.65. The number of fused-ring (bicyclic) bond motifs is 1. The van der Waals surface area contributed by atoms with E-state index in [2.05, 4.69) is 33.5 Å². The van der Waals surface area contributed by atoms with Crippen LogP contribution in [0.25, 0.3) is 10.8 Å². The minimum Gasteiger partial charge on any atom is -0.493 e. The van der Waals surface area contributed by atoms with Gasteiger partial charge in [0, 0.05) is 17.3 Å². The fraction of sp³-hybridized carbons (Fsp3) is 0.250. The van der Waals surface area contributed by atoms with E-state index in [0.717, 1.165) is 34.9 Å². The molecule has 2 N–H and O–H groups in total. The van der Waals surface area contributed by atoms with Gasteiger partial charge in [-0.05, 0) is 30.2 Å². The average Bonchev–Trinajstić information content (AvgIpc) is 2.62. The molecule has 0 bridgehead atoms. The maximum Gasteiger partial charge on any atom is 0.252 e. The van der Waals surface area contributed by atoms with Gasteiger partial charge in [-0.1, -0.05) is 43.7 Å². The van der Waals surface area contributed by atoms with Crippen molar-refractivity contribution in [3.05, 3.63) is 64.1 Å². The van der Waals surface area contributed by atoms with E-state index in [9.17, 15) is 4.79 Å². The molecule has 3 aromatic rings. The quantitative estimate of drug-likeness (QED) is 0.385. The van der Waals surface area contributed by atoms with Crippen molar-refractivity contribution in [2.45, 2.75) is 26.7 Å². The third-order valence-corrected chi connectivity index (χ3v) is 3.92. The Morgan fingerprint density at radius 1 is 1.27 bits per heavy atom. The van der Waals surface area contributed by atoms with Gasteiger partial charge in [0.2, 0.25) is 5.95 Å². The predicted molar refractivity (Wildman–Crippen MR) is 105 cm³/mol. The summed E-state index contributed by atoms with van der Waals surface area (Å²) in [7, 11) is 0. The van der Waals surface area contributed by atoms with E-state index in [1.165, 1.54) is 6.07 Å². The van der Waals surface area contributed by atoms with Crippen LogP contribution in [0, 0.1) is 6.92 Å². The lowest BCUT2D eigenvalue weighted by Crippen LogP contribution is -2.10. The molecule has 0 saturated carbocycles. The molecule has 0 amide bonds. The van der Waals surface area contributed by atoms with Crippen molar-refractivity contribution in [3.63, 3.8) is 0 Å². The molecule has 0 spiro atoms. The van der Waals surface area contributed by atoms with E-state index < -0.39 is 0 Å². The first-order valence-electron chi connectivity index (χ1n) is 8.69. The number of benzene rings is 2. The van der Waals surface area contributed by atoms with Gasteiger partial charge in [0.15, 0.2) is 0 Å². The minimum absolute atomic E-state index is 0.219. The molecule has 3 rings (SSSR count). The normalized spacial score (nSPS) is 11.2. The van der Waals surface area contributed by atoms with Crippen molar-refractivity contribution in [1.82, 2.24) is 9.97 Å². The van der Waals surface area contributed by atoms with E-state index in [1.54, 1.807) is 13.1 Å². The van der Waals surface area contributed by atoms with Crippen molar-refractivity contribution in [3.8, 4) is 5.75 Å². The summed E-state index contributed by atoms with van der Waals surface area (Å²) in [5, 5.41) is 6.41. The van der Waals surface area contributed by atoms with Gasteiger partial charge in [-0.2, -0.15) is 5.10 Å². The first-order chi connectivity index (χ1) is 12.7. The van der Waals surface area contributed by atoms with Crippen LogP contribution in [0.4, 0.5) is 5.95 Å². The zero-order chi connectivity index (χ0) is 18.4. The summed E-state index contributed by atoms with van der Waals surface area (Å²) in [6.45, 7) is 4.55. The van der Waals surface area contributed by atoms with Crippen molar-refractivity contribution in [2.75, 3.05) is 12.0 Å². The largest absolute Gasteiger partial charge is 0.493 e. The lowest BCUT2D eigenvalue weighted by molar-refractivity contribution is 0.309. The molecule has 1 aromatic heterocycles. The number of hydrazone groups is 1. The molecule has 2 aromatic carbocycles. The minimum atomic E-state index is -0.219. The number of hydrogen-bond donors (Lipinski definition) is 2. The molecular weight excluding hydrogens is 328 g/mol. The molecule has 0 radical (unpaired) electrons. The molecular formula is C20H22N4O2. The molecule has 6 heteroatoms. The van der Waals surface area contributed by atoms with Gasteiger partial charge < -0.3 is 4.74 Å². The second-order valence-corrected chi connectivity index (χ2v) is 6.01. The Balaban J connectivity index is 1.90. The number of unbranched alkanes of at least 4 members (excludes halogenated alkanes) is 1. The lowest BCUT2D eigenvalue weighted by Gasteiger charge is -2.11. The smallest absolute Gasteiger partial charge is 0.252 e. The van der Waals surface area contributed by atoms with Crippen molar-refractivity contribution in [1.29, 1.82) is 0 Å². The Hall–Kier alpha value is -3.15. The number of aryl methyl sites for hydroxylation is 1. The van der Waals surface area contributed by atoms with Crippen LogP contribution in [0.2, 0.25) is 0 Å². The van der Waals surface area contributed by atoms with Crippen LogP contribution in [-0.2, 0) is 0 Å². The highest BCUT2D eigenvalue weighted by Crippen LogP contribution is 2.27. The predicted octanol–water partition coefficient (Wildman–Crippen LogP) is 3.86. The molecule has 0 aliphatic rings. The zero-order valence-electron chi connectivity index (χ0n) is 15.0. The van der Waals surface area contributed by atoms with Gasteiger partial charge in [0.05, 0.1) is 12.8 Å². The Kier molecular flexibility index (Phi) is 5.63. The number of hydrogen-bond acceptors (Lipinski definition) is 5. The number of anilines is 1. The molecule has 26 heavy (non-hydrogen) atoms. The first-order valence-corrected chi connectivity index (χ1v) is 8.69. The van der Waals surface area contributed by atoms with Gasteiger partial charge >= 0.3 is 0 Å². The SMILES string of the molecule is CCCCOc1ccc2ccccc2c1/C=N/Nc1nc(C)cc(=O)[nH]1. The Morgan fingerprint density at radius 2 is 2.12 bits per heavy atom. The third kappa shape index (κ3) is 4.27. The molecule has 0 fully saturated rings. The highest BCUT2D eigenvalue weighted by Gasteiger charge is 2.07. The van der Waals surface area contributed by atoms with Crippen LogP contribution < -0.4 is 15.7 Å². The van der Waals surface area contributed by atoms with Crippen LogP contribution in [0.15, 0.2) is 52.4 Å². The van der Waals surface area contributed by atoms with Crippen LogP contribution in [0.3, 0.4) is 0 Å². The van der Waals surface area contributed by atoms with E-state index in [-0.39, 0.29) is 5.56 Å². The number of aromatic nitrogens is 2. The molecule has 0 saturated heterocycles. The van der Waals surface area contributed by atoms with Gasteiger partial charge in [-0.25, -0.2) is 10.4 Å². The summed E-state index contributed by atoms with van der Waals surface area (Å²) in [6, 6.07) is 13.5. The number of nitrogens with zero attached hydrogens (tertiary/aromatic N) is 2. The lowest BCUT2D eigenvalue weighted by atomic mass is 10.0. The van der Waals surface area contributed by atoms with Gasteiger partial charge in [-0.3, -0.25) is 9.78 Å². The maximum absolute atomic E-state index is 11.5. The number of nitrogens with one attached hydrogen (secondary N) is 2. The summed E-state index contributed by atoms with van der Waals surface area (Å²) >= 11 is 0. The summed E-state index contributed by atoms with van der Waals surface area (Å²) in [5.74, 6) is 1.09. The molecule has 134 valence electrons. The average molecular weight is 350 g/mol. The maximum atomic E-state index is 11.5. The van der Waals surface area contributed by atoms with Gasteiger partial charge in [-0.15, -0.1) is 0 Å². The Bertz CT molecular complexity index is 979. The zero-order valence-corrected chi connectivity index (χ0v) is 15.0. The van der Waals surface area contributed by atoms with Crippen LogP contribution in [0.1, 0.15) is 31.0 Å². The third-order valence-electron chi connectivity index (χ3n) is 3.92. The second-order valence-electron chi connectivity index (χ2n) is 6.01. The number of H-pyrrole nitrogens is 1. The fourth-order valence-corrected chi connectivity index (χ4v) is 2.65. The number of rotatable bonds is 7. The Labute approximate surface area is 151 Å². The van der Waals surface area contributed by atoms with Gasteiger partial charge in [0.1, 0.15) is 5.75 Å². The molecule has 6 nitrogen and oxygen atoms in total. The first kappa shape index (κ1) is 17.7. The number of aromatic amines is 1. The summed E-state index contributed by atoms with van der Waals surface area (Å²) in [4.78, 5) is 18.3. The Morgan fingerprint density at radius 3 is 2.92 bits per heavy atom. The monoisotopic (exact) mass is 350 g/mol. The molecule has 0 atom stereocenters. The molecule has 1 heterocycles. The van der Waals surface area contributed by atoms with E-state index in [0.29, 0.717) is 18.2 Å². The van der Waals surface area contributed by atoms with Crippen molar-refractivity contribution >= 4 is 22.9 Å². The molecule has 0 unspecified atom stereocenters. The van der Waals surface area contributed by atoms with Crippen molar-refractivity contribution in [2.24, 2.45) is 5.10 Å². The summed E-state index contributed by atoms with van der Waals surface area (Å²) in [5.41, 5.74) is 4.08.